The molecular formula is C14H20ClNO. The van der Waals surface area contributed by atoms with Gasteiger partial charge in [0.15, 0.2) is 0 Å². The zero-order valence-electron chi connectivity index (χ0n) is 10.5. The molecule has 1 atom stereocenters. The molecule has 0 heterocycles. The summed E-state index contributed by atoms with van der Waals surface area (Å²) >= 11 is 5.92. The van der Waals surface area contributed by atoms with Gasteiger partial charge in [0.25, 0.3) is 0 Å². The van der Waals surface area contributed by atoms with Crippen molar-refractivity contribution in [1.82, 2.24) is 5.32 Å². The lowest BCUT2D eigenvalue weighted by molar-refractivity contribution is -0.121. The molecule has 0 bridgehead atoms. The summed E-state index contributed by atoms with van der Waals surface area (Å²) in [5.74, 6) is 0.117. The summed E-state index contributed by atoms with van der Waals surface area (Å²) in [6.07, 6.45) is 3.82. The Hall–Kier alpha value is -1.02. The van der Waals surface area contributed by atoms with Gasteiger partial charge in [-0.15, -0.1) is 0 Å². The molecule has 3 heteroatoms. The molecule has 1 aromatic carbocycles. The van der Waals surface area contributed by atoms with E-state index in [1.807, 2.05) is 31.2 Å². The first kappa shape index (κ1) is 14.0. The van der Waals surface area contributed by atoms with E-state index >= 15 is 0 Å². The maximum Gasteiger partial charge on any atom is 0.220 e. The summed E-state index contributed by atoms with van der Waals surface area (Å²) in [6.45, 7) is 4.11. The zero-order chi connectivity index (χ0) is 12.7. The van der Waals surface area contributed by atoms with Crippen molar-refractivity contribution in [3.8, 4) is 0 Å². The molecule has 0 fully saturated rings. The highest BCUT2D eigenvalue weighted by atomic mass is 35.5. The minimum atomic E-state index is 0.0165. The first-order valence-electron chi connectivity index (χ1n) is 6.18. The average molecular weight is 254 g/mol. The Morgan fingerprint density at radius 1 is 1.41 bits per heavy atom. The topological polar surface area (TPSA) is 29.1 Å². The van der Waals surface area contributed by atoms with Crippen molar-refractivity contribution >= 4 is 17.5 Å². The Kier molecular flexibility index (Phi) is 6.06. The van der Waals surface area contributed by atoms with E-state index in [0.717, 1.165) is 24.8 Å². The lowest BCUT2D eigenvalue weighted by atomic mass is 10.1. The van der Waals surface area contributed by atoms with Crippen molar-refractivity contribution in [3.05, 3.63) is 34.9 Å². The fraction of sp³-hybridized carbons (Fsp3) is 0.500. The molecular weight excluding hydrogens is 234 g/mol. The molecule has 1 aromatic rings. The average Bonchev–Trinajstić information content (AvgIpc) is 2.29. The second kappa shape index (κ2) is 7.33. The Labute approximate surface area is 108 Å². The van der Waals surface area contributed by atoms with Crippen LogP contribution in [0.25, 0.3) is 0 Å². The van der Waals surface area contributed by atoms with Gasteiger partial charge in [-0.25, -0.2) is 0 Å². The fourth-order valence-corrected chi connectivity index (χ4v) is 1.91. The van der Waals surface area contributed by atoms with E-state index in [2.05, 4.69) is 12.2 Å². The number of benzene rings is 1. The van der Waals surface area contributed by atoms with Crippen LogP contribution >= 0.6 is 11.6 Å². The molecule has 0 saturated carbocycles. The quantitative estimate of drug-likeness (QED) is 0.760. The molecule has 1 unspecified atom stereocenters. The third-order valence-corrected chi connectivity index (χ3v) is 2.97. The minimum Gasteiger partial charge on any atom is -0.350 e. The van der Waals surface area contributed by atoms with Gasteiger partial charge in [-0.3, -0.25) is 4.79 Å². The lowest BCUT2D eigenvalue weighted by Gasteiger charge is -2.14. The number of hydrogen-bond donors (Lipinski definition) is 1. The Morgan fingerprint density at radius 2 is 2.18 bits per heavy atom. The van der Waals surface area contributed by atoms with Crippen LogP contribution in [0.4, 0.5) is 0 Å². The summed E-state index contributed by atoms with van der Waals surface area (Å²) in [5, 5.41) is 3.69. The molecule has 1 rings (SSSR count). The van der Waals surface area contributed by atoms with Gasteiger partial charge in [0.05, 0.1) is 6.04 Å². The first-order chi connectivity index (χ1) is 8.13. The Bertz CT molecular complexity index is 365. The van der Waals surface area contributed by atoms with E-state index < -0.39 is 0 Å². The summed E-state index contributed by atoms with van der Waals surface area (Å²) in [4.78, 5) is 11.6. The summed E-state index contributed by atoms with van der Waals surface area (Å²) in [5.41, 5.74) is 1.04. The normalized spacial score (nSPS) is 12.2. The fourth-order valence-electron chi connectivity index (χ4n) is 1.71. The second-order valence-electron chi connectivity index (χ2n) is 4.30. The monoisotopic (exact) mass is 253 g/mol. The van der Waals surface area contributed by atoms with Crippen LogP contribution in [0.3, 0.4) is 0 Å². The molecule has 94 valence electrons. The molecule has 0 radical (unpaired) electrons. The standard InChI is InChI=1S/C14H20ClNO/c1-3-4-5-9-14(17)16-11(2)12-7-6-8-13(15)10-12/h6-8,10-11H,3-5,9H2,1-2H3,(H,16,17). The van der Waals surface area contributed by atoms with E-state index in [-0.39, 0.29) is 11.9 Å². The largest absolute Gasteiger partial charge is 0.350 e. The molecule has 0 aliphatic rings. The van der Waals surface area contributed by atoms with E-state index in [9.17, 15) is 4.79 Å². The lowest BCUT2D eigenvalue weighted by Crippen LogP contribution is -2.26. The van der Waals surface area contributed by atoms with Gasteiger partial charge in [-0.05, 0) is 31.0 Å². The number of rotatable bonds is 6. The van der Waals surface area contributed by atoms with E-state index in [4.69, 9.17) is 11.6 Å². The van der Waals surface area contributed by atoms with Gasteiger partial charge in [0, 0.05) is 11.4 Å². The van der Waals surface area contributed by atoms with Crippen molar-refractivity contribution in [1.29, 1.82) is 0 Å². The van der Waals surface area contributed by atoms with Crippen LogP contribution in [0.2, 0.25) is 5.02 Å². The number of nitrogens with one attached hydrogen (secondary N) is 1. The van der Waals surface area contributed by atoms with Crippen molar-refractivity contribution in [3.63, 3.8) is 0 Å². The minimum absolute atomic E-state index is 0.0165. The Morgan fingerprint density at radius 3 is 2.82 bits per heavy atom. The third-order valence-electron chi connectivity index (χ3n) is 2.73. The molecule has 2 nitrogen and oxygen atoms in total. The number of halogens is 1. The second-order valence-corrected chi connectivity index (χ2v) is 4.74. The number of unbranched alkanes of at least 4 members (excludes halogenated alkanes) is 2. The van der Waals surface area contributed by atoms with Crippen LogP contribution in [0.5, 0.6) is 0 Å². The Balaban J connectivity index is 2.43. The van der Waals surface area contributed by atoms with Crippen LogP contribution < -0.4 is 5.32 Å². The number of carbonyl (C=O) groups is 1. The molecule has 0 aromatic heterocycles. The number of amides is 1. The maximum atomic E-state index is 11.6. The van der Waals surface area contributed by atoms with Crippen molar-refractivity contribution in [2.45, 2.75) is 45.6 Å². The molecule has 1 amide bonds. The van der Waals surface area contributed by atoms with Crippen LogP contribution in [0.1, 0.15) is 51.1 Å². The summed E-state index contributed by atoms with van der Waals surface area (Å²) in [6, 6.07) is 7.61. The van der Waals surface area contributed by atoms with Gasteiger partial charge in [0.1, 0.15) is 0 Å². The van der Waals surface area contributed by atoms with Gasteiger partial charge in [-0.1, -0.05) is 43.5 Å². The smallest absolute Gasteiger partial charge is 0.220 e. The maximum absolute atomic E-state index is 11.6. The van der Waals surface area contributed by atoms with E-state index in [1.165, 1.54) is 0 Å². The van der Waals surface area contributed by atoms with Gasteiger partial charge in [0.2, 0.25) is 5.91 Å². The third kappa shape index (κ3) is 5.22. The molecule has 1 N–H and O–H groups in total. The highest BCUT2D eigenvalue weighted by Gasteiger charge is 2.09. The van der Waals surface area contributed by atoms with Crippen LogP contribution in [0.15, 0.2) is 24.3 Å². The van der Waals surface area contributed by atoms with Gasteiger partial charge < -0.3 is 5.32 Å². The first-order valence-corrected chi connectivity index (χ1v) is 6.56. The highest BCUT2D eigenvalue weighted by molar-refractivity contribution is 6.30. The SMILES string of the molecule is CCCCCC(=O)NC(C)c1cccc(Cl)c1. The molecule has 0 spiro atoms. The number of carbonyl (C=O) groups excluding carboxylic acids is 1. The molecule has 17 heavy (non-hydrogen) atoms. The predicted octanol–water partition coefficient (Wildman–Crippen LogP) is 4.10. The van der Waals surface area contributed by atoms with Crippen molar-refractivity contribution in [2.24, 2.45) is 0 Å². The zero-order valence-corrected chi connectivity index (χ0v) is 11.3. The van der Waals surface area contributed by atoms with Gasteiger partial charge in [-0.2, -0.15) is 0 Å². The van der Waals surface area contributed by atoms with Gasteiger partial charge >= 0.3 is 0 Å². The van der Waals surface area contributed by atoms with E-state index in [1.54, 1.807) is 0 Å². The van der Waals surface area contributed by atoms with E-state index in [0.29, 0.717) is 11.4 Å². The predicted molar refractivity (Wildman–Crippen MR) is 72.2 cm³/mol. The summed E-state index contributed by atoms with van der Waals surface area (Å²) in [7, 11) is 0. The number of hydrogen-bond acceptors (Lipinski definition) is 1. The van der Waals surface area contributed by atoms with Crippen molar-refractivity contribution in [2.75, 3.05) is 0 Å². The van der Waals surface area contributed by atoms with Crippen molar-refractivity contribution < 1.29 is 4.79 Å². The summed E-state index contributed by atoms with van der Waals surface area (Å²) < 4.78 is 0. The molecule has 0 aliphatic heterocycles. The van der Waals surface area contributed by atoms with Crippen LogP contribution in [0, 0.1) is 0 Å². The molecule has 0 saturated heterocycles. The van der Waals surface area contributed by atoms with Crippen LogP contribution in [-0.4, -0.2) is 5.91 Å². The highest BCUT2D eigenvalue weighted by Crippen LogP contribution is 2.17. The molecule has 0 aliphatic carbocycles. The van der Waals surface area contributed by atoms with Crippen LogP contribution in [-0.2, 0) is 4.79 Å².